The van der Waals surface area contributed by atoms with E-state index in [2.05, 4.69) is 10.6 Å². The molecule has 2 N–H and O–H groups in total. The van der Waals surface area contributed by atoms with Crippen LogP contribution in [0.15, 0.2) is 91.0 Å². The van der Waals surface area contributed by atoms with Gasteiger partial charge in [-0.05, 0) is 50.3 Å². The van der Waals surface area contributed by atoms with E-state index in [1.165, 1.54) is 0 Å². The molecular formula is C40H49Cl3N2O9. The Hall–Kier alpha value is -3.42. The zero-order valence-corrected chi connectivity index (χ0v) is 32.9. The highest BCUT2D eigenvalue weighted by Gasteiger charge is 2.48. The van der Waals surface area contributed by atoms with Gasteiger partial charge in [0.1, 0.15) is 36.8 Å². The zero-order chi connectivity index (χ0) is 39.0. The van der Waals surface area contributed by atoms with E-state index in [-0.39, 0.29) is 39.1 Å². The lowest BCUT2D eigenvalue weighted by Gasteiger charge is -2.47. The van der Waals surface area contributed by atoms with Crippen LogP contribution in [0.2, 0.25) is 0 Å². The second-order valence-corrected chi connectivity index (χ2v) is 16.4. The van der Waals surface area contributed by atoms with Crippen molar-refractivity contribution in [2.75, 3.05) is 13.2 Å². The van der Waals surface area contributed by atoms with Crippen molar-refractivity contribution in [1.29, 1.82) is 0 Å². The SMILES string of the molecule is CC(C)(C)OC(=O)NC(CC=O)CC[C@@H]1O[C@H](COCc2ccccc2)[C@@H](OCc2ccccc2)[C@H](OCc2ccccc2)[C@H]1NC(=O)OCC(Cl)(Cl)Cl. The number of carbonyl (C=O) groups excluding carboxylic acids is 3. The molecule has 14 heteroatoms. The van der Waals surface area contributed by atoms with Crippen molar-refractivity contribution in [3.05, 3.63) is 108 Å². The maximum atomic E-state index is 13.3. The summed E-state index contributed by atoms with van der Waals surface area (Å²) in [5.41, 5.74) is 2.05. The van der Waals surface area contributed by atoms with E-state index >= 15 is 0 Å². The smallest absolute Gasteiger partial charge is 0.407 e. The molecule has 0 spiro atoms. The van der Waals surface area contributed by atoms with E-state index in [1.54, 1.807) is 20.8 Å². The van der Waals surface area contributed by atoms with E-state index in [0.29, 0.717) is 6.61 Å². The topological polar surface area (TPSA) is 131 Å². The van der Waals surface area contributed by atoms with Gasteiger partial charge in [-0.3, -0.25) is 0 Å². The Labute approximate surface area is 332 Å². The Bertz CT molecular complexity index is 1560. The average Bonchev–Trinajstić information content (AvgIpc) is 3.12. The first kappa shape index (κ1) is 43.3. The molecule has 1 aliphatic heterocycles. The molecule has 0 saturated carbocycles. The van der Waals surface area contributed by atoms with Crippen LogP contribution in [0.3, 0.4) is 0 Å². The number of ether oxygens (including phenoxy) is 6. The minimum Gasteiger partial charge on any atom is -0.445 e. The molecular weight excluding hydrogens is 759 g/mol. The van der Waals surface area contributed by atoms with Gasteiger partial charge < -0.3 is 43.8 Å². The molecule has 0 aliphatic carbocycles. The summed E-state index contributed by atoms with van der Waals surface area (Å²) in [5.74, 6) is 0. The van der Waals surface area contributed by atoms with Gasteiger partial charge in [0.25, 0.3) is 0 Å². The molecule has 0 radical (unpaired) electrons. The van der Waals surface area contributed by atoms with Crippen LogP contribution >= 0.6 is 34.8 Å². The van der Waals surface area contributed by atoms with Crippen LogP contribution in [0.5, 0.6) is 0 Å². The molecule has 294 valence electrons. The standard InChI is InChI=1S/C40H49Cl3N2O9/c1-39(2,3)54-38(48)44-31(21-22-46)19-20-32-34(45-37(47)52-27-40(41,42)43)36(51-25-30-17-11-6-12-18-30)35(50-24-29-15-9-5-10-16-29)33(53-32)26-49-23-28-13-7-4-8-14-28/h4-18,22,31-36H,19-21,23-27H2,1-3H3,(H,44,48)(H,45,47)/t31?,32-,33+,34-,35+,36+/m0/s1. The Kier molecular flexibility index (Phi) is 17.3. The van der Waals surface area contributed by atoms with Crippen molar-refractivity contribution in [2.45, 2.75) is 106 Å². The highest BCUT2D eigenvalue weighted by molar-refractivity contribution is 6.67. The summed E-state index contributed by atoms with van der Waals surface area (Å²) in [7, 11) is 0. The summed E-state index contributed by atoms with van der Waals surface area (Å²) in [6.07, 6.45) is -3.24. The number of hydrogen-bond acceptors (Lipinski definition) is 9. The maximum Gasteiger partial charge on any atom is 0.407 e. The predicted molar refractivity (Wildman–Crippen MR) is 206 cm³/mol. The van der Waals surface area contributed by atoms with Gasteiger partial charge in [0.2, 0.25) is 3.79 Å². The molecule has 4 rings (SSSR count). The molecule has 1 saturated heterocycles. The summed E-state index contributed by atoms with van der Waals surface area (Å²) in [4.78, 5) is 37.7. The second kappa shape index (κ2) is 21.6. The summed E-state index contributed by atoms with van der Waals surface area (Å²) >= 11 is 17.7. The molecule has 0 bridgehead atoms. The van der Waals surface area contributed by atoms with Gasteiger partial charge in [-0.25, -0.2) is 9.59 Å². The molecule has 6 atom stereocenters. The summed E-state index contributed by atoms with van der Waals surface area (Å²) in [6, 6.07) is 27.5. The number of hydrogen-bond donors (Lipinski definition) is 2. The van der Waals surface area contributed by atoms with Crippen molar-refractivity contribution in [3.63, 3.8) is 0 Å². The van der Waals surface area contributed by atoms with E-state index in [4.69, 9.17) is 63.2 Å². The van der Waals surface area contributed by atoms with Crippen molar-refractivity contribution < 1.29 is 42.8 Å². The van der Waals surface area contributed by atoms with E-state index < -0.39 is 64.7 Å². The average molecular weight is 808 g/mol. The van der Waals surface area contributed by atoms with Crippen molar-refractivity contribution >= 4 is 53.3 Å². The minimum atomic E-state index is -1.85. The highest BCUT2D eigenvalue weighted by atomic mass is 35.6. The number of rotatable bonds is 18. The molecule has 3 aromatic carbocycles. The number of benzene rings is 3. The van der Waals surface area contributed by atoms with Crippen molar-refractivity contribution in [3.8, 4) is 0 Å². The molecule has 1 fully saturated rings. The molecule has 1 heterocycles. The van der Waals surface area contributed by atoms with E-state index in [1.807, 2.05) is 91.0 Å². The maximum absolute atomic E-state index is 13.3. The third-order valence-corrected chi connectivity index (χ3v) is 8.64. The van der Waals surface area contributed by atoms with Crippen LogP contribution in [-0.4, -0.2) is 77.6 Å². The third-order valence-electron chi connectivity index (χ3n) is 8.31. The number of carbonyl (C=O) groups is 3. The first-order valence-electron chi connectivity index (χ1n) is 17.8. The minimum absolute atomic E-state index is 0.0235. The van der Waals surface area contributed by atoms with Crippen LogP contribution in [-0.2, 0) is 53.0 Å². The number of nitrogens with one attached hydrogen (secondary N) is 2. The van der Waals surface area contributed by atoms with Crippen LogP contribution in [0.4, 0.5) is 9.59 Å². The zero-order valence-electron chi connectivity index (χ0n) is 30.7. The molecule has 2 amide bonds. The summed E-state index contributed by atoms with van der Waals surface area (Å²) in [5, 5.41) is 5.69. The van der Waals surface area contributed by atoms with Gasteiger partial charge in [-0.2, -0.15) is 0 Å². The highest BCUT2D eigenvalue weighted by Crippen LogP contribution is 2.32. The predicted octanol–water partition coefficient (Wildman–Crippen LogP) is 7.87. The number of amides is 2. The first-order chi connectivity index (χ1) is 25.8. The molecule has 0 aromatic heterocycles. The Morgan fingerprint density at radius 2 is 1.31 bits per heavy atom. The Morgan fingerprint density at radius 1 is 0.778 bits per heavy atom. The number of aldehydes is 1. The normalized spacial score (nSPS) is 20.7. The quantitative estimate of drug-likeness (QED) is 0.0975. The first-order valence-corrected chi connectivity index (χ1v) is 18.9. The van der Waals surface area contributed by atoms with Gasteiger partial charge in [-0.1, -0.05) is 126 Å². The van der Waals surface area contributed by atoms with Gasteiger partial charge >= 0.3 is 12.2 Å². The molecule has 1 unspecified atom stereocenters. The lowest BCUT2D eigenvalue weighted by atomic mass is 9.89. The van der Waals surface area contributed by atoms with Crippen LogP contribution < -0.4 is 10.6 Å². The van der Waals surface area contributed by atoms with Crippen molar-refractivity contribution in [2.24, 2.45) is 0 Å². The number of alkyl halides is 3. The van der Waals surface area contributed by atoms with Crippen LogP contribution in [0.1, 0.15) is 56.7 Å². The number of halogens is 3. The molecule has 11 nitrogen and oxygen atoms in total. The van der Waals surface area contributed by atoms with E-state index in [0.717, 1.165) is 23.0 Å². The Morgan fingerprint density at radius 3 is 1.83 bits per heavy atom. The fourth-order valence-corrected chi connectivity index (χ4v) is 6.07. The third kappa shape index (κ3) is 15.7. The monoisotopic (exact) mass is 806 g/mol. The molecule has 1 aliphatic rings. The van der Waals surface area contributed by atoms with Gasteiger partial charge in [0.15, 0.2) is 0 Å². The Balaban J connectivity index is 1.67. The second-order valence-electron chi connectivity index (χ2n) is 13.9. The van der Waals surface area contributed by atoms with Crippen molar-refractivity contribution in [1.82, 2.24) is 10.6 Å². The molecule has 3 aromatic rings. The molecule has 54 heavy (non-hydrogen) atoms. The summed E-state index contributed by atoms with van der Waals surface area (Å²) < 4.78 is 35.2. The van der Waals surface area contributed by atoms with Gasteiger partial charge in [0.05, 0.1) is 38.6 Å². The lowest BCUT2D eigenvalue weighted by Crippen LogP contribution is -2.65. The van der Waals surface area contributed by atoms with Crippen LogP contribution in [0, 0.1) is 0 Å². The summed E-state index contributed by atoms with van der Waals surface area (Å²) in [6.45, 7) is 5.57. The van der Waals surface area contributed by atoms with Gasteiger partial charge in [-0.15, -0.1) is 0 Å². The van der Waals surface area contributed by atoms with E-state index in [9.17, 15) is 14.4 Å². The van der Waals surface area contributed by atoms with Gasteiger partial charge in [0, 0.05) is 12.5 Å². The number of alkyl carbamates (subject to hydrolysis) is 2. The fraction of sp³-hybridized carbons (Fsp3) is 0.475. The lowest BCUT2D eigenvalue weighted by molar-refractivity contribution is -0.233. The largest absolute Gasteiger partial charge is 0.445 e. The fourth-order valence-electron chi connectivity index (χ4n) is 5.90. The van der Waals surface area contributed by atoms with Crippen LogP contribution in [0.25, 0.3) is 0 Å².